The molecule has 3 aromatic rings. The van der Waals surface area contributed by atoms with Crippen molar-refractivity contribution in [3.05, 3.63) is 81.7 Å². The van der Waals surface area contributed by atoms with Gasteiger partial charge in [0.25, 0.3) is 5.91 Å². The van der Waals surface area contributed by atoms with E-state index in [2.05, 4.69) is 4.99 Å². The minimum absolute atomic E-state index is 0.219. The number of amides is 1. The second-order valence-electron chi connectivity index (χ2n) is 7.32. The summed E-state index contributed by atoms with van der Waals surface area (Å²) in [4.78, 5) is 31.3. The first-order chi connectivity index (χ1) is 16.9. The third-order valence-electron chi connectivity index (χ3n) is 5.00. The molecular formula is C25H20ClFN2O5S. The molecule has 1 aliphatic heterocycles. The number of hydrogen-bond donors (Lipinski definition) is 0. The van der Waals surface area contributed by atoms with Gasteiger partial charge in [-0.1, -0.05) is 17.7 Å². The molecule has 0 atom stereocenters. The lowest BCUT2D eigenvalue weighted by molar-refractivity contribution is -0.122. The predicted molar refractivity (Wildman–Crippen MR) is 133 cm³/mol. The minimum Gasteiger partial charge on any atom is -0.465 e. The maximum Gasteiger partial charge on any atom is 0.339 e. The molecule has 0 N–H and O–H groups in total. The Morgan fingerprint density at radius 2 is 2.03 bits per heavy atom. The number of carbonyl (C=O) groups is 2. The molecule has 4 rings (SSSR count). The first-order valence-corrected chi connectivity index (χ1v) is 11.6. The Morgan fingerprint density at radius 3 is 2.77 bits per heavy atom. The molecule has 0 spiro atoms. The van der Waals surface area contributed by atoms with Gasteiger partial charge in [-0.05, 0) is 60.3 Å². The predicted octanol–water partition coefficient (Wildman–Crippen LogP) is 5.78. The SMILES string of the molecule is COCCN1C(=O)/C(=C\c2ccc(-c3ccc(Cl)c(C(=O)OC)c3)o2)SC1=Nc1cccc(F)c1. The van der Waals surface area contributed by atoms with E-state index in [9.17, 15) is 14.0 Å². The third-order valence-corrected chi connectivity index (χ3v) is 6.33. The summed E-state index contributed by atoms with van der Waals surface area (Å²) in [7, 11) is 2.82. The first-order valence-electron chi connectivity index (χ1n) is 10.4. The molecule has 1 aromatic heterocycles. The Hall–Kier alpha value is -3.40. The van der Waals surface area contributed by atoms with Crippen molar-refractivity contribution in [1.82, 2.24) is 4.90 Å². The molecule has 1 fully saturated rings. The monoisotopic (exact) mass is 514 g/mol. The number of nitrogens with zero attached hydrogens (tertiary/aromatic N) is 2. The van der Waals surface area contributed by atoms with Crippen molar-refractivity contribution in [1.29, 1.82) is 0 Å². The van der Waals surface area contributed by atoms with Crippen molar-refractivity contribution in [2.45, 2.75) is 0 Å². The number of furan rings is 1. The van der Waals surface area contributed by atoms with Gasteiger partial charge < -0.3 is 13.9 Å². The van der Waals surface area contributed by atoms with E-state index in [-0.39, 0.29) is 23.0 Å². The summed E-state index contributed by atoms with van der Waals surface area (Å²) in [6, 6.07) is 14.2. The maximum absolute atomic E-state index is 13.6. The van der Waals surface area contributed by atoms with E-state index in [1.165, 1.54) is 24.1 Å². The number of rotatable bonds is 7. The Morgan fingerprint density at radius 1 is 1.20 bits per heavy atom. The van der Waals surface area contributed by atoms with Crippen molar-refractivity contribution >= 4 is 52.2 Å². The number of halogens is 2. The van der Waals surface area contributed by atoms with Gasteiger partial charge in [-0.25, -0.2) is 14.2 Å². The van der Waals surface area contributed by atoms with E-state index in [0.29, 0.717) is 39.5 Å². The van der Waals surface area contributed by atoms with Gasteiger partial charge in [0.2, 0.25) is 0 Å². The summed E-state index contributed by atoms with van der Waals surface area (Å²) in [5.41, 5.74) is 1.24. The lowest BCUT2D eigenvalue weighted by Gasteiger charge is -2.14. The van der Waals surface area contributed by atoms with E-state index in [4.69, 9.17) is 25.5 Å². The van der Waals surface area contributed by atoms with Crippen molar-refractivity contribution in [2.75, 3.05) is 27.4 Å². The fourth-order valence-corrected chi connectivity index (χ4v) is 4.49. The van der Waals surface area contributed by atoms with E-state index in [1.54, 1.807) is 55.7 Å². The van der Waals surface area contributed by atoms with Gasteiger partial charge in [0.05, 0.1) is 41.4 Å². The highest BCUT2D eigenvalue weighted by Crippen LogP contribution is 2.35. The van der Waals surface area contributed by atoms with Gasteiger partial charge in [0, 0.05) is 18.7 Å². The molecular weight excluding hydrogens is 495 g/mol. The lowest BCUT2D eigenvalue weighted by atomic mass is 10.1. The summed E-state index contributed by atoms with van der Waals surface area (Å²) < 4.78 is 29.4. The van der Waals surface area contributed by atoms with Gasteiger partial charge in [0.1, 0.15) is 17.3 Å². The fourth-order valence-electron chi connectivity index (χ4n) is 3.29. The van der Waals surface area contributed by atoms with Gasteiger partial charge in [-0.3, -0.25) is 9.69 Å². The smallest absolute Gasteiger partial charge is 0.339 e. The Labute approximate surface area is 210 Å². The van der Waals surface area contributed by atoms with Crippen molar-refractivity contribution in [3.63, 3.8) is 0 Å². The van der Waals surface area contributed by atoms with Gasteiger partial charge in [-0.15, -0.1) is 0 Å². The zero-order valence-corrected chi connectivity index (χ0v) is 20.4. The quantitative estimate of drug-likeness (QED) is 0.294. The maximum atomic E-state index is 13.6. The van der Waals surface area contributed by atoms with E-state index >= 15 is 0 Å². The molecule has 180 valence electrons. The van der Waals surface area contributed by atoms with Crippen LogP contribution in [0.3, 0.4) is 0 Å². The molecule has 0 unspecified atom stereocenters. The van der Waals surface area contributed by atoms with Crippen LogP contribution >= 0.6 is 23.4 Å². The van der Waals surface area contributed by atoms with E-state index in [0.717, 1.165) is 11.8 Å². The number of hydrogen-bond acceptors (Lipinski definition) is 7. The summed E-state index contributed by atoms with van der Waals surface area (Å²) in [6.45, 7) is 0.601. The summed E-state index contributed by atoms with van der Waals surface area (Å²) in [6.07, 6.45) is 1.61. The zero-order chi connectivity index (χ0) is 24.9. The fraction of sp³-hybridized carbons (Fsp3) is 0.160. The Kier molecular flexibility index (Phi) is 7.70. The molecule has 1 aliphatic rings. The summed E-state index contributed by atoms with van der Waals surface area (Å²) >= 11 is 7.26. The largest absolute Gasteiger partial charge is 0.465 e. The number of amidine groups is 1. The Balaban J connectivity index is 1.62. The summed E-state index contributed by atoms with van der Waals surface area (Å²) in [5, 5.41) is 0.680. The normalized spacial score (nSPS) is 15.9. The molecule has 0 aliphatic carbocycles. The molecule has 0 saturated carbocycles. The molecule has 0 radical (unpaired) electrons. The molecule has 1 saturated heterocycles. The number of thioether (sulfide) groups is 1. The molecule has 35 heavy (non-hydrogen) atoms. The van der Waals surface area contributed by atoms with Crippen molar-refractivity contribution in [3.8, 4) is 11.3 Å². The van der Waals surface area contributed by atoms with Gasteiger partial charge in [0.15, 0.2) is 5.17 Å². The number of methoxy groups -OCH3 is 2. The average molecular weight is 515 g/mol. The van der Waals surface area contributed by atoms with Crippen LogP contribution in [0.1, 0.15) is 16.1 Å². The van der Waals surface area contributed by atoms with Gasteiger partial charge >= 0.3 is 5.97 Å². The number of ether oxygens (including phenoxy) is 2. The molecule has 7 nitrogen and oxygen atoms in total. The van der Waals surface area contributed by atoms with Gasteiger partial charge in [-0.2, -0.15) is 0 Å². The number of esters is 1. The third kappa shape index (κ3) is 5.64. The Bertz CT molecular complexity index is 1340. The highest BCUT2D eigenvalue weighted by molar-refractivity contribution is 8.18. The number of aliphatic imine (C=N–C) groups is 1. The van der Waals surface area contributed by atoms with Crippen LogP contribution in [-0.2, 0) is 14.3 Å². The van der Waals surface area contributed by atoms with Crippen LogP contribution in [-0.4, -0.2) is 49.3 Å². The molecule has 2 heterocycles. The van der Waals surface area contributed by atoms with Crippen molar-refractivity contribution in [2.24, 2.45) is 4.99 Å². The molecule has 10 heteroatoms. The minimum atomic E-state index is -0.556. The molecule has 1 amide bonds. The zero-order valence-electron chi connectivity index (χ0n) is 18.8. The second-order valence-corrected chi connectivity index (χ2v) is 8.74. The average Bonchev–Trinajstić information content (AvgIpc) is 3.42. The van der Waals surface area contributed by atoms with E-state index < -0.39 is 11.8 Å². The van der Waals surface area contributed by atoms with Crippen LogP contribution in [0.15, 0.2) is 68.9 Å². The van der Waals surface area contributed by atoms with Crippen LogP contribution in [0, 0.1) is 5.82 Å². The molecule has 0 bridgehead atoms. The van der Waals surface area contributed by atoms with Crippen LogP contribution in [0.25, 0.3) is 17.4 Å². The first kappa shape index (κ1) is 24.7. The van der Waals surface area contributed by atoms with Crippen LogP contribution in [0.4, 0.5) is 10.1 Å². The van der Waals surface area contributed by atoms with Crippen molar-refractivity contribution < 1.29 is 27.9 Å². The van der Waals surface area contributed by atoms with Crippen LogP contribution in [0.2, 0.25) is 5.02 Å². The van der Waals surface area contributed by atoms with Crippen LogP contribution < -0.4 is 0 Å². The van der Waals surface area contributed by atoms with Crippen LogP contribution in [0.5, 0.6) is 0 Å². The number of carbonyl (C=O) groups excluding carboxylic acids is 2. The lowest BCUT2D eigenvalue weighted by Crippen LogP contribution is -2.32. The molecule has 2 aromatic carbocycles. The number of benzene rings is 2. The standard InChI is InChI=1S/C25H20ClFN2O5S/c1-32-11-10-29-23(30)22(35-25(29)28-17-5-3-4-16(27)13-17)14-18-7-9-21(34-18)15-6-8-20(26)19(12-15)24(31)33-2/h3-9,12-14H,10-11H2,1-2H3/b22-14+,28-25?. The highest BCUT2D eigenvalue weighted by Gasteiger charge is 2.33. The topological polar surface area (TPSA) is 81.3 Å². The summed E-state index contributed by atoms with van der Waals surface area (Å²) in [5.74, 6) is -0.316. The second kappa shape index (κ2) is 10.9. The van der Waals surface area contributed by atoms with E-state index in [1.807, 2.05) is 0 Å². The highest BCUT2D eigenvalue weighted by atomic mass is 35.5.